The van der Waals surface area contributed by atoms with Crippen molar-refractivity contribution in [2.45, 2.75) is 19.4 Å². The van der Waals surface area contributed by atoms with Crippen LogP contribution in [0.15, 0.2) is 18.2 Å². The number of benzene rings is 1. The summed E-state index contributed by atoms with van der Waals surface area (Å²) >= 11 is 0. The van der Waals surface area contributed by atoms with Crippen molar-refractivity contribution in [3.05, 3.63) is 29.6 Å². The lowest BCUT2D eigenvalue weighted by Crippen LogP contribution is -2.37. The molecule has 1 heterocycles. The third kappa shape index (κ3) is 4.78. The SMILES string of the molecule is CN(C)CC1CCN(Cc2ccc(B(O)O)cc2F)CC1. The molecule has 1 aliphatic rings. The zero-order valence-corrected chi connectivity index (χ0v) is 12.8. The maximum Gasteiger partial charge on any atom is 0.488 e. The Bertz CT molecular complexity index is 463. The summed E-state index contributed by atoms with van der Waals surface area (Å²) in [5.74, 6) is 0.365. The Kier molecular flexibility index (Phi) is 5.76. The molecule has 1 saturated heterocycles. The Balaban J connectivity index is 1.89. The molecule has 0 bridgehead atoms. The summed E-state index contributed by atoms with van der Waals surface area (Å²) in [4.78, 5) is 4.48. The highest BCUT2D eigenvalue weighted by molar-refractivity contribution is 6.58. The fourth-order valence-corrected chi connectivity index (χ4v) is 2.94. The summed E-state index contributed by atoms with van der Waals surface area (Å²) in [5, 5.41) is 18.1. The Morgan fingerprint density at radius 3 is 2.48 bits per heavy atom. The van der Waals surface area contributed by atoms with E-state index >= 15 is 0 Å². The number of halogens is 1. The van der Waals surface area contributed by atoms with Crippen LogP contribution in [-0.2, 0) is 6.54 Å². The molecule has 0 amide bonds. The van der Waals surface area contributed by atoms with E-state index in [0.29, 0.717) is 12.1 Å². The van der Waals surface area contributed by atoms with E-state index in [1.54, 1.807) is 12.1 Å². The van der Waals surface area contributed by atoms with Crippen molar-refractivity contribution in [1.29, 1.82) is 0 Å². The number of hydrogen-bond acceptors (Lipinski definition) is 4. The Morgan fingerprint density at radius 1 is 1.29 bits per heavy atom. The van der Waals surface area contributed by atoms with E-state index in [2.05, 4.69) is 23.9 Å². The molecule has 4 nitrogen and oxygen atoms in total. The van der Waals surface area contributed by atoms with Crippen molar-refractivity contribution in [2.24, 2.45) is 5.92 Å². The molecule has 1 aromatic rings. The average Bonchev–Trinajstić information content (AvgIpc) is 2.42. The van der Waals surface area contributed by atoms with Crippen LogP contribution in [0.5, 0.6) is 0 Å². The van der Waals surface area contributed by atoms with Gasteiger partial charge in [-0.2, -0.15) is 0 Å². The molecule has 0 spiro atoms. The minimum absolute atomic E-state index is 0.195. The highest BCUT2D eigenvalue weighted by Crippen LogP contribution is 2.20. The van der Waals surface area contributed by atoms with Gasteiger partial charge < -0.3 is 14.9 Å². The van der Waals surface area contributed by atoms with Crippen molar-refractivity contribution in [2.75, 3.05) is 33.7 Å². The summed E-state index contributed by atoms with van der Waals surface area (Å²) in [7, 11) is 2.58. The molecule has 0 aliphatic carbocycles. The average molecular weight is 294 g/mol. The predicted molar refractivity (Wildman–Crippen MR) is 82.8 cm³/mol. The molecule has 0 saturated carbocycles. The lowest BCUT2D eigenvalue weighted by molar-refractivity contribution is 0.155. The van der Waals surface area contributed by atoms with Crippen molar-refractivity contribution in [3.8, 4) is 0 Å². The van der Waals surface area contributed by atoms with Crippen LogP contribution in [-0.4, -0.2) is 60.7 Å². The molecule has 2 rings (SSSR count). The third-order valence-corrected chi connectivity index (χ3v) is 4.10. The van der Waals surface area contributed by atoms with Crippen LogP contribution in [0.1, 0.15) is 18.4 Å². The van der Waals surface area contributed by atoms with Gasteiger partial charge in [-0.1, -0.05) is 12.1 Å². The fourth-order valence-electron chi connectivity index (χ4n) is 2.94. The van der Waals surface area contributed by atoms with Crippen LogP contribution in [0.4, 0.5) is 4.39 Å². The highest BCUT2D eigenvalue weighted by Gasteiger charge is 2.21. The normalized spacial score (nSPS) is 17.4. The zero-order valence-electron chi connectivity index (χ0n) is 12.8. The lowest BCUT2D eigenvalue weighted by atomic mass is 9.80. The standard InChI is InChI=1S/C15H24BFN2O2/c1-18(2)10-12-5-7-19(8-6-12)11-13-3-4-14(16(20)21)9-15(13)17/h3-4,9,12,20-21H,5-8,10-11H2,1-2H3. The fraction of sp³-hybridized carbons (Fsp3) is 0.600. The molecule has 116 valence electrons. The monoisotopic (exact) mass is 294 g/mol. The topological polar surface area (TPSA) is 46.9 Å². The van der Waals surface area contributed by atoms with Crippen molar-refractivity contribution >= 4 is 12.6 Å². The first kappa shape index (κ1) is 16.4. The number of likely N-dealkylation sites (tertiary alicyclic amines) is 1. The van der Waals surface area contributed by atoms with Crippen molar-refractivity contribution in [3.63, 3.8) is 0 Å². The zero-order chi connectivity index (χ0) is 15.4. The van der Waals surface area contributed by atoms with Gasteiger partial charge >= 0.3 is 7.12 Å². The molecule has 0 unspecified atom stereocenters. The predicted octanol–water partition coefficient (Wildman–Crippen LogP) is 0.279. The quantitative estimate of drug-likeness (QED) is 0.766. The van der Waals surface area contributed by atoms with Crippen molar-refractivity contribution < 1.29 is 14.4 Å². The van der Waals surface area contributed by atoms with Gasteiger partial charge in [0.05, 0.1) is 0 Å². The van der Waals surface area contributed by atoms with Gasteiger partial charge in [-0.25, -0.2) is 4.39 Å². The van der Waals surface area contributed by atoms with Gasteiger partial charge in [-0.15, -0.1) is 0 Å². The summed E-state index contributed by atoms with van der Waals surface area (Å²) in [6.07, 6.45) is 2.29. The van der Waals surface area contributed by atoms with E-state index in [-0.39, 0.29) is 11.3 Å². The summed E-state index contributed by atoms with van der Waals surface area (Å²) in [6.45, 7) is 3.68. The van der Waals surface area contributed by atoms with Crippen molar-refractivity contribution in [1.82, 2.24) is 9.80 Å². The lowest BCUT2D eigenvalue weighted by Gasteiger charge is -2.33. The van der Waals surface area contributed by atoms with Gasteiger partial charge in [-0.05, 0) is 57.5 Å². The first-order chi connectivity index (χ1) is 9.95. The van der Waals surface area contributed by atoms with E-state index in [1.165, 1.54) is 6.07 Å². The minimum Gasteiger partial charge on any atom is -0.423 e. The van der Waals surface area contributed by atoms with Crippen LogP contribution in [0.25, 0.3) is 0 Å². The summed E-state index contributed by atoms with van der Waals surface area (Å²) < 4.78 is 14.0. The molecule has 1 aliphatic heterocycles. The van der Waals surface area contributed by atoms with Crippen LogP contribution in [0, 0.1) is 11.7 Å². The van der Waals surface area contributed by atoms with Gasteiger partial charge in [0, 0.05) is 18.7 Å². The number of piperidine rings is 1. The molecule has 21 heavy (non-hydrogen) atoms. The first-order valence-corrected chi connectivity index (χ1v) is 7.47. The minimum atomic E-state index is -1.62. The van der Waals surface area contributed by atoms with E-state index in [0.717, 1.165) is 38.4 Å². The van der Waals surface area contributed by atoms with E-state index < -0.39 is 7.12 Å². The first-order valence-electron chi connectivity index (χ1n) is 7.47. The molecule has 6 heteroatoms. The Labute approximate surface area is 126 Å². The molecule has 1 aromatic carbocycles. The molecule has 1 fully saturated rings. The summed E-state index contributed by atoms with van der Waals surface area (Å²) in [6, 6.07) is 4.43. The summed E-state index contributed by atoms with van der Waals surface area (Å²) in [5.41, 5.74) is 0.811. The maximum atomic E-state index is 14.0. The van der Waals surface area contributed by atoms with Gasteiger partial charge in [0.2, 0.25) is 0 Å². The smallest absolute Gasteiger partial charge is 0.423 e. The van der Waals surface area contributed by atoms with Crippen LogP contribution in [0.3, 0.4) is 0 Å². The van der Waals surface area contributed by atoms with Crippen LogP contribution < -0.4 is 5.46 Å². The second-order valence-electron chi connectivity index (χ2n) is 6.21. The van der Waals surface area contributed by atoms with E-state index in [9.17, 15) is 4.39 Å². The molecular weight excluding hydrogens is 270 g/mol. The van der Waals surface area contributed by atoms with Gasteiger partial charge in [0.15, 0.2) is 0 Å². The molecule has 2 N–H and O–H groups in total. The third-order valence-electron chi connectivity index (χ3n) is 4.10. The number of rotatable bonds is 5. The number of hydrogen-bond donors (Lipinski definition) is 2. The largest absolute Gasteiger partial charge is 0.488 e. The van der Waals surface area contributed by atoms with Gasteiger partial charge in [-0.3, -0.25) is 4.90 Å². The molecule has 0 atom stereocenters. The molecule has 0 aromatic heterocycles. The van der Waals surface area contributed by atoms with Crippen LogP contribution in [0.2, 0.25) is 0 Å². The molecule has 0 radical (unpaired) electrons. The van der Waals surface area contributed by atoms with Gasteiger partial charge in [0.25, 0.3) is 0 Å². The highest BCUT2D eigenvalue weighted by atomic mass is 19.1. The van der Waals surface area contributed by atoms with Gasteiger partial charge in [0.1, 0.15) is 5.82 Å². The maximum absolute atomic E-state index is 14.0. The van der Waals surface area contributed by atoms with E-state index in [4.69, 9.17) is 10.0 Å². The second-order valence-corrected chi connectivity index (χ2v) is 6.21. The second kappa shape index (κ2) is 7.36. The van der Waals surface area contributed by atoms with E-state index in [1.807, 2.05) is 0 Å². The molecular formula is C15H24BFN2O2. The Hall–Kier alpha value is -0.945. The number of nitrogens with zero attached hydrogens (tertiary/aromatic N) is 2. The van der Waals surface area contributed by atoms with Crippen LogP contribution >= 0.6 is 0 Å². The Morgan fingerprint density at radius 2 is 1.95 bits per heavy atom.